The van der Waals surface area contributed by atoms with E-state index in [9.17, 15) is 19.0 Å². The molecule has 0 aromatic rings. The van der Waals surface area contributed by atoms with E-state index in [1.54, 1.807) is 0 Å². The number of carbonyl (C=O) groups is 2. The molecule has 0 radical (unpaired) electrons. The number of unbranched alkanes of at least 4 members (excludes halogenated alkanes) is 48. The summed E-state index contributed by atoms with van der Waals surface area (Å²) in [6, 6.07) is 0. The lowest BCUT2D eigenvalue weighted by Gasteiger charge is -2.19. The normalized spacial score (nSPS) is 13.3. The summed E-state index contributed by atoms with van der Waals surface area (Å²) in [5.41, 5.74) is 5.41. The van der Waals surface area contributed by atoms with Gasteiger partial charge in [-0.1, -0.05) is 382 Å². The Hall–Kier alpha value is -2.55. The van der Waals surface area contributed by atoms with Crippen molar-refractivity contribution in [3.05, 3.63) is 72.9 Å². The van der Waals surface area contributed by atoms with Crippen LogP contribution in [0.2, 0.25) is 0 Å². The van der Waals surface area contributed by atoms with Crippen LogP contribution < -0.4 is 5.73 Å². The number of rotatable bonds is 73. The minimum Gasteiger partial charge on any atom is -0.462 e. The van der Waals surface area contributed by atoms with Gasteiger partial charge >= 0.3 is 19.8 Å². The molecule has 0 aromatic carbocycles. The van der Waals surface area contributed by atoms with E-state index in [-0.39, 0.29) is 38.6 Å². The van der Waals surface area contributed by atoms with Crippen molar-refractivity contribution >= 4 is 19.8 Å². The third kappa shape index (κ3) is 74.4. The van der Waals surface area contributed by atoms with E-state index in [4.69, 9.17) is 24.3 Å². The SMILES string of the molecule is CC/C=C\C/C=C\C/C=C\C/C=C\C/C=C\C/C=C\CCCCCCCCCCCCCCCCCCCCCCC(=O)OC(COC(=O)CCCCCCCCCCCCCCCCCCCCCCCCCCCCCCC)COP(=O)(O)OCCN. The number of allylic oxidation sites excluding steroid dienone is 12. The molecule has 520 valence electrons. The lowest BCUT2D eigenvalue weighted by molar-refractivity contribution is -0.161. The number of carbonyl (C=O) groups excluding carboxylic acids is 2. The number of hydrogen-bond donors (Lipinski definition) is 2. The van der Waals surface area contributed by atoms with Gasteiger partial charge in [0.05, 0.1) is 13.2 Å². The highest BCUT2D eigenvalue weighted by Crippen LogP contribution is 2.43. The fourth-order valence-electron chi connectivity index (χ4n) is 11.5. The summed E-state index contributed by atoms with van der Waals surface area (Å²) in [7, 11) is -4.39. The highest BCUT2D eigenvalue weighted by molar-refractivity contribution is 7.47. The first kappa shape index (κ1) is 86.5. The van der Waals surface area contributed by atoms with Crippen molar-refractivity contribution in [1.29, 1.82) is 0 Å². The van der Waals surface area contributed by atoms with Gasteiger partial charge in [0, 0.05) is 19.4 Å². The lowest BCUT2D eigenvalue weighted by atomic mass is 10.0. The topological polar surface area (TPSA) is 134 Å². The summed E-state index contributed by atoms with van der Waals surface area (Å²) in [6.45, 7) is 3.70. The average Bonchev–Trinajstić information content (AvgIpc) is 3.68. The Bertz CT molecular complexity index is 1690. The van der Waals surface area contributed by atoms with Crippen molar-refractivity contribution in [3.8, 4) is 0 Å². The van der Waals surface area contributed by atoms with Crippen LogP contribution in [0.4, 0.5) is 0 Å². The Morgan fingerprint density at radius 3 is 0.921 bits per heavy atom. The second-order valence-corrected chi connectivity index (χ2v) is 27.3. The van der Waals surface area contributed by atoms with Gasteiger partial charge in [-0.3, -0.25) is 18.6 Å². The Morgan fingerprint density at radius 1 is 0.348 bits per heavy atom. The summed E-state index contributed by atoms with van der Waals surface area (Å²) >= 11 is 0. The minimum atomic E-state index is -4.39. The molecular weight excluding hydrogens is 1120 g/mol. The molecule has 89 heavy (non-hydrogen) atoms. The molecule has 0 spiro atoms. The maximum Gasteiger partial charge on any atom is 0.472 e. The third-order valence-electron chi connectivity index (χ3n) is 17.1. The molecule has 10 heteroatoms. The monoisotopic (exact) mass is 1270 g/mol. The minimum absolute atomic E-state index is 0.0550. The van der Waals surface area contributed by atoms with Crippen LogP contribution in [-0.2, 0) is 32.7 Å². The number of nitrogens with two attached hydrogens (primary N) is 1. The molecule has 0 saturated carbocycles. The van der Waals surface area contributed by atoms with Gasteiger partial charge in [-0.15, -0.1) is 0 Å². The van der Waals surface area contributed by atoms with Crippen molar-refractivity contribution in [2.45, 2.75) is 392 Å². The molecule has 0 fully saturated rings. The van der Waals surface area contributed by atoms with Crippen molar-refractivity contribution in [1.82, 2.24) is 0 Å². The summed E-state index contributed by atoms with van der Waals surface area (Å²) in [6.07, 6.45) is 98.9. The van der Waals surface area contributed by atoms with Crippen LogP contribution in [0.3, 0.4) is 0 Å². The lowest BCUT2D eigenvalue weighted by Crippen LogP contribution is -2.29. The van der Waals surface area contributed by atoms with E-state index in [1.165, 1.54) is 283 Å². The zero-order chi connectivity index (χ0) is 64.4. The fraction of sp³-hybridized carbons (Fsp3) is 0.823. The van der Waals surface area contributed by atoms with Crippen LogP contribution in [0, 0.1) is 0 Å². The molecule has 0 aliphatic rings. The Kier molecular flexibility index (Phi) is 72.4. The van der Waals surface area contributed by atoms with Gasteiger partial charge in [-0.2, -0.15) is 0 Å². The molecule has 2 atom stereocenters. The first-order valence-electron chi connectivity index (χ1n) is 38.4. The van der Waals surface area contributed by atoms with Gasteiger partial charge in [-0.25, -0.2) is 4.57 Å². The first-order chi connectivity index (χ1) is 43.8. The average molecular weight is 1270 g/mol. The molecule has 0 aliphatic heterocycles. The fourth-order valence-corrected chi connectivity index (χ4v) is 12.2. The maximum absolute atomic E-state index is 12.8. The second-order valence-electron chi connectivity index (χ2n) is 25.9. The van der Waals surface area contributed by atoms with Crippen molar-refractivity contribution in [3.63, 3.8) is 0 Å². The molecule has 3 N–H and O–H groups in total. The van der Waals surface area contributed by atoms with Crippen LogP contribution in [0.5, 0.6) is 0 Å². The first-order valence-corrected chi connectivity index (χ1v) is 39.9. The molecule has 0 bridgehead atoms. The van der Waals surface area contributed by atoms with Crippen LogP contribution in [-0.4, -0.2) is 49.3 Å². The Morgan fingerprint density at radius 2 is 0.618 bits per heavy atom. The van der Waals surface area contributed by atoms with Gasteiger partial charge in [0.25, 0.3) is 0 Å². The van der Waals surface area contributed by atoms with E-state index in [2.05, 4.69) is 86.8 Å². The smallest absolute Gasteiger partial charge is 0.462 e. The van der Waals surface area contributed by atoms with Crippen LogP contribution in [0.25, 0.3) is 0 Å². The van der Waals surface area contributed by atoms with Gasteiger partial charge < -0.3 is 20.1 Å². The molecule has 0 aliphatic carbocycles. The number of ether oxygens (including phenoxy) is 2. The van der Waals surface area contributed by atoms with Crippen LogP contribution >= 0.6 is 7.82 Å². The largest absolute Gasteiger partial charge is 0.472 e. The summed E-state index contributed by atoms with van der Waals surface area (Å²) in [5.74, 6) is -0.805. The van der Waals surface area contributed by atoms with E-state index < -0.39 is 26.5 Å². The second kappa shape index (κ2) is 74.5. The number of esters is 2. The Balaban J connectivity index is 3.79. The molecule has 9 nitrogen and oxygen atoms in total. The van der Waals surface area contributed by atoms with Crippen molar-refractivity contribution in [2.75, 3.05) is 26.4 Å². The Labute approximate surface area is 552 Å². The zero-order valence-corrected chi connectivity index (χ0v) is 59.6. The summed E-state index contributed by atoms with van der Waals surface area (Å²) in [5, 5.41) is 0. The van der Waals surface area contributed by atoms with E-state index in [1.807, 2.05) is 0 Å². The summed E-state index contributed by atoms with van der Waals surface area (Å²) < 4.78 is 33.3. The predicted octanol–water partition coefficient (Wildman–Crippen LogP) is 25.5. The standard InChI is InChI=1S/C79H146NO8P/c1-3-5-7-9-11-13-15-17-19-21-23-25-27-29-31-33-34-35-36-37-38-39-40-41-42-44-46-48-50-52-54-56-58-60-62-64-66-68-70-72-79(82)88-77(76-87-89(83,84)86-74-73-80)75-85-78(81)71-69-67-65-63-61-59-57-55-53-51-49-47-45-43-32-30-28-26-24-22-20-18-16-14-12-10-8-6-4-2/h5,7,11,13,17,19,23,25,29,31,34-35,77H,3-4,6,8-10,12,14-16,18,20-22,24,26-28,30,32-33,36-76,80H2,1-2H3,(H,83,84)/b7-5-,13-11-,19-17-,25-23-,31-29-,35-34-. The number of hydrogen-bond acceptors (Lipinski definition) is 8. The zero-order valence-electron chi connectivity index (χ0n) is 58.7. The van der Waals surface area contributed by atoms with Gasteiger partial charge in [0.1, 0.15) is 6.61 Å². The van der Waals surface area contributed by atoms with E-state index >= 15 is 0 Å². The molecule has 0 aromatic heterocycles. The maximum atomic E-state index is 12.8. The quantitative estimate of drug-likeness (QED) is 0.0264. The highest BCUT2D eigenvalue weighted by atomic mass is 31.2. The molecule has 0 rings (SSSR count). The molecule has 0 amide bonds. The van der Waals surface area contributed by atoms with Gasteiger partial charge in [0.15, 0.2) is 6.10 Å². The molecular formula is C79H146NO8P. The number of phosphoric acid groups is 1. The molecule has 2 unspecified atom stereocenters. The van der Waals surface area contributed by atoms with Crippen molar-refractivity contribution in [2.24, 2.45) is 5.73 Å². The van der Waals surface area contributed by atoms with Crippen LogP contribution in [0.15, 0.2) is 72.9 Å². The van der Waals surface area contributed by atoms with E-state index in [0.717, 1.165) is 70.6 Å². The third-order valence-corrected chi connectivity index (χ3v) is 18.1. The van der Waals surface area contributed by atoms with Crippen LogP contribution in [0.1, 0.15) is 386 Å². The van der Waals surface area contributed by atoms with Gasteiger partial charge in [-0.05, 0) is 64.2 Å². The molecule has 0 heterocycles. The van der Waals surface area contributed by atoms with Gasteiger partial charge in [0.2, 0.25) is 0 Å². The number of phosphoric ester groups is 1. The highest BCUT2D eigenvalue weighted by Gasteiger charge is 2.26. The van der Waals surface area contributed by atoms with E-state index in [0.29, 0.717) is 6.42 Å². The molecule has 0 saturated heterocycles. The van der Waals surface area contributed by atoms with Crippen molar-refractivity contribution < 1.29 is 37.6 Å². The predicted molar refractivity (Wildman–Crippen MR) is 386 cm³/mol. The summed E-state index contributed by atoms with van der Waals surface area (Å²) in [4.78, 5) is 35.4.